The molecule has 0 radical (unpaired) electrons. The molecule has 0 aromatic carbocycles. The van der Waals surface area contributed by atoms with E-state index in [1.807, 2.05) is 0 Å². The summed E-state index contributed by atoms with van der Waals surface area (Å²) >= 11 is 5.36. The molecule has 1 nitrogen and oxygen atoms in total. The van der Waals surface area contributed by atoms with E-state index in [1.54, 1.807) is 0 Å². The van der Waals surface area contributed by atoms with Crippen LogP contribution in [0.1, 0.15) is 17.6 Å². The first kappa shape index (κ1) is 9.32. The van der Waals surface area contributed by atoms with Gasteiger partial charge in [-0.3, -0.25) is 0 Å². The summed E-state index contributed by atoms with van der Waals surface area (Å²) in [6.07, 6.45) is -1.88. The van der Waals surface area contributed by atoms with Gasteiger partial charge in [-0.25, -0.2) is 13.8 Å². The lowest BCUT2D eigenvalue weighted by atomic mass is 10.2. The number of pyridine rings is 1. The van der Waals surface area contributed by atoms with Gasteiger partial charge in [0.1, 0.15) is 0 Å². The van der Waals surface area contributed by atoms with Crippen LogP contribution >= 0.6 is 11.6 Å². The Hall–Kier alpha value is -0.770. The first-order valence-electron chi connectivity index (χ1n) is 3.12. The van der Waals surface area contributed by atoms with Crippen molar-refractivity contribution in [3.05, 3.63) is 28.3 Å². The molecular formula is C7H5ClF3N. The summed E-state index contributed by atoms with van der Waals surface area (Å²) in [5, 5.41) is -0.340. The van der Waals surface area contributed by atoms with E-state index in [0.717, 1.165) is 6.20 Å². The zero-order valence-corrected chi connectivity index (χ0v) is 6.87. The average molecular weight is 196 g/mol. The highest BCUT2D eigenvalue weighted by molar-refractivity contribution is 6.31. The second-order valence-electron chi connectivity index (χ2n) is 2.24. The van der Waals surface area contributed by atoms with Gasteiger partial charge >= 0.3 is 0 Å². The third kappa shape index (κ3) is 1.53. The lowest BCUT2D eigenvalue weighted by molar-refractivity contribution is 0.150. The third-order valence-corrected chi connectivity index (χ3v) is 1.93. The van der Waals surface area contributed by atoms with Gasteiger partial charge < -0.3 is 0 Å². The minimum atomic E-state index is -2.67. The van der Waals surface area contributed by atoms with E-state index in [2.05, 4.69) is 4.98 Å². The topological polar surface area (TPSA) is 12.9 Å². The number of rotatable bonds is 1. The fourth-order valence-electron chi connectivity index (χ4n) is 0.781. The van der Waals surface area contributed by atoms with E-state index in [1.165, 1.54) is 6.92 Å². The molecule has 0 saturated heterocycles. The first-order chi connectivity index (χ1) is 5.54. The summed E-state index contributed by atoms with van der Waals surface area (Å²) < 4.78 is 36.8. The lowest BCUT2D eigenvalue weighted by Gasteiger charge is -2.05. The molecule has 0 spiro atoms. The summed E-state index contributed by atoms with van der Waals surface area (Å²) in [6.45, 7) is 1.33. The number of nitrogens with zero attached hydrogens (tertiary/aromatic N) is 1. The highest BCUT2D eigenvalue weighted by Gasteiger charge is 2.15. The van der Waals surface area contributed by atoms with Crippen LogP contribution in [0.4, 0.5) is 13.2 Å². The lowest BCUT2D eigenvalue weighted by Crippen LogP contribution is -1.95. The normalized spacial score (nSPS) is 10.8. The molecule has 0 bridgehead atoms. The maximum absolute atomic E-state index is 12.5. The van der Waals surface area contributed by atoms with Crippen LogP contribution in [0.5, 0.6) is 0 Å². The summed E-state index contributed by atoms with van der Waals surface area (Å²) in [5.41, 5.74) is -0.291. The molecule has 0 saturated carbocycles. The molecule has 1 rings (SSSR count). The maximum Gasteiger partial charge on any atom is 0.265 e. The van der Waals surface area contributed by atoms with Gasteiger partial charge in [0, 0.05) is 11.8 Å². The molecule has 66 valence electrons. The number of halogens is 4. The number of alkyl halides is 2. The minimum absolute atomic E-state index is 0.0409. The maximum atomic E-state index is 12.5. The van der Waals surface area contributed by atoms with Gasteiger partial charge in [0.15, 0.2) is 0 Å². The molecule has 0 aliphatic heterocycles. The smallest absolute Gasteiger partial charge is 0.226 e. The number of hydrogen-bond donors (Lipinski definition) is 0. The fraction of sp³-hybridized carbons (Fsp3) is 0.286. The minimum Gasteiger partial charge on any atom is -0.226 e. The molecule has 1 heterocycles. The van der Waals surface area contributed by atoms with E-state index >= 15 is 0 Å². The summed E-state index contributed by atoms with van der Waals surface area (Å²) in [4.78, 5) is 3.08. The Morgan fingerprint density at radius 2 is 2.08 bits per heavy atom. The molecule has 0 fully saturated rings. The summed E-state index contributed by atoms with van der Waals surface area (Å²) in [6, 6.07) is 0. The predicted molar refractivity (Wildman–Crippen MR) is 38.9 cm³/mol. The molecule has 5 heteroatoms. The van der Waals surface area contributed by atoms with E-state index in [0.29, 0.717) is 0 Å². The molecule has 0 aliphatic carbocycles. The highest BCUT2D eigenvalue weighted by atomic mass is 35.5. The Morgan fingerprint density at radius 3 is 2.58 bits per heavy atom. The highest BCUT2D eigenvalue weighted by Crippen LogP contribution is 2.27. The fourth-order valence-corrected chi connectivity index (χ4v) is 0.939. The van der Waals surface area contributed by atoms with Gasteiger partial charge in [0.2, 0.25) is 5.95 Å². The van der Waals surface area contributed by atoms with Crippen LogP contribution in [0.25, 0.3) is 0 Å². The molecule has 12 heavy (non-hydrogen) atoms. The second-order valence-corrected chi connectivity index (χ2v) is 2.62. The zero-order valence-electron chi connectivity index (χ0n) is 6.11. The van der Waals surface area contributed by atoms with E-state index in [9.17, 15) is 13.2 Å². The van der Waals surface area contributed by atoms with E-state index in [4.69, 9.17) is 11.6 Å². The Morgan fingerprint density at radius 1 is 1.50 bits per heavy atom. The molecule has 0 amide bonds. The van der Waals surface area contributed by atoms with Crippen molar-refractivity contribution in [1.29, 1.82) is 0 Å². The van der Waals surface area contributed by atoms with Crippen LogP contribution in [-0.4, -0.2) is 4.98 Å². The van der Waals surface area contributed by atoms with Crippen molar-refractivity contribution in [2.45, 2.75) is 13.3 Å². The van der Waals surface area contributed by atoms with Crippen LogP contribution in [-0.2, 0) is 0 Å². The number of aromatic nitrogens is 1. The van der Waals surface area contributed by atoms with Crippen LogP contribution in [0, 0.1) is 12.9 Å². The molecule has 0 N–H and O–H groups in total. The van der Waals surface area contributed by atoms with Crippen molar-refractivity contribution in [1.82, 2.24) is 4.98 Å². The van der Waals surface area contributed by atoms with Crippen LogP contribution < -0.4 is 0 Å². The average Bonchev–Trinajstić information content (AvgIpc) is 2.00. The van der Waals surface area contributed by atoms with Crippen molar-refractivity contribution < 1.29 is 13.2 Å². The van der Waals surface area contributed by atoms with Gasteiger partial charge in [0.05, 0.1) is 5.02 Å². The third-order valence-electron chi connectivity index (χ3n) is 1.50. The molecular weight excluding hydrogens is 191 g/mol. The first-order valence-corrected chi connectivity index (χ1v) is 3.50. The van der Waals surface area contributed by atoms with Crippen molar-refractivity contribution in [3.8, 4) is 0 Å². The zero-order chi connectivity index (χ0) is 9.30. The predicted octanol–water partition coefficient (Wildman–Crippen LogP) is 3.12. The van der Waals surface area contributed by atoms with Crippen molar-refractivity contribution >= 4 is 11.6 Å². The van der Waals surface area contributed by atoms with Gasteiger partial charge in [-0.1, -0.05) is 11.6 Å². The Labute approximate surface area is 72.2 Å². The molecule has 0 atom stereocenters. The quantitative estimate of drug-likeness (QED) is 0.628. The van der Waals surface area contributed by atoms with Gasteiger partial charge in [0.25, 0.3) is 6.43 Å². The second kappa shape index (κ2) is 3.31. The van der Waals surface area contributed by atoms with Crippen LogP contribution in [0.2, 0.25) is 5.02 Å². The van der Waals surface area contributed by atoms with Gasteiger partial charge in [-0.15, -0.1) is 0 Å². The van der Waals surface area contributed by atoms with Gasteiger partial charge in [-0.2, -0.15) is 4.39 Å². The number of hydrogen-bond acceptors (Lipinski definition) is 1. The summed E-state index contributed by atoms with van der Waals surface area (Å²) in [5.74, 6) is -0.918. The van der Waals surface area contributed by atoms with Crippen LogP contribution in [0.3, 0.4) is 0 Å². The van der Waals surface area contributed by atoms with Crippen molar-refractivity contribution in [3.63, 3.8) is 0 Å². The SMILES string of the molecule is Cc1c(C(F)F)cnc(F)c1Cl. The molecule has 1 aromatic heterocycles. The Kier molecular flexibility index (Phi) is 2.57. The Balaban J connectivity index is 3.27. The Bertz CT molecular complexity index is 301. The summed E-state index contributed by atoms with van der Waals surface area (Å²) in [7, 11) is 0. The standard InChI is InChI=1S/C7H5ClF3N/c1-3-4(6(9)10)2-12-7(11)5(3)8/h2,6H,1H3. The van der Waals surface area contributed by atoms with Gasteiger partial charge in [-0.05, 0) is 12.5 Å². The van der Waals surface area contributed by atoms with Crippen LogP contribution in [0.15, 0.2) is 6.20 Å². The van der Waals surface area contributed by atoms with Crippen molar-refractivity contribution in [2.24, 2.45) is 0 Å². The molecule has 1 aromatic rings. The largest absolute Gasteiger partial charge is 0.265 e. The molecule has 0 unspecified atom stereocenters. The monoisotopic (exact) mass is 195 g/mol. The van der Waals surface area contributed by atoms with Crippen molar-refractivity contribution in [2.75, 3.05) is 0 Å². The molecule has 0 aliphatic rings. The van der Waals surface area contributed by atoms with E-state index in [-0.39, 0.29) is 16.1 Å². The van der Waals surface area contributed by atoms with E-state index < -0.39 is 12.4 Å².